The Labute approximate surface area is 100.0 Å². The van der Waals surface area contributed by atoms with Crippen molar-refractivity contribution in [3.05, 3.63) is 28.8 Å². The van der Waals surface area contributed by atoms with Crippen LogP contribution in [0.15, 0.2) is 18.2 Å². The molecule has 86 valence electrons. The Bertz CT molecular complexity index is 382. The van der Waals surface area contributed by atoms with E-state index in [9.17, 15) is 4.79 Å². The minimum Gasteiger partial charge on any atom is -0.398 e. The molecule has 0 heterocycles. The lowest BCUT2D eigenvalue weighted by molar-refractivity contribution is 0.0953. The Hall–Kier alpha value is -1.22. The van der Waals surface area contributed by atoms with Crippen LogP contribution in [-0.2, 0) is 0 Å². The maximum Gasteiger partial charge on any atom is 0.254 e. The molecule has 0 bridgehead atoms. The highest BCUT2D eigenvalue weighted by Crippen LogP contribution is 2.31. The first kappa shape index (κ1) is 11.3. The predicted molar refractivity (Wildman–Crippen MR) is 65.5 cm³/mol. The molecule has 1 aliphatic carbocycles. The van der Waals surface area contributed by atoms with Crippen LogP contribution in [0.1, 0.15) is 29.6 Å². The van der Waals surface area contributed by atoms with E-state index in [0.717, 1.165) is 12.3 Å². The highest BCUT2D eigenvalue weighted by atomic mass is 35.5. The number of rotatable bonds is 4. The highest BCUT2D eigenvalue weighted by Gasteiger charge is 2.21. The third-order valence-electron chi connectivity index (χ3n) is 2.81. The number of carbonyl (C=O) groups is 1. The second-order valence-electron chi connectivity index (χ2n) is 4.19. The summed E-state index contributed by atoms with van der Waals surface area (Å²) in [7, 11) is 0. The van der Waals surface area contributed by atoms with Crippen LogP contribution < -0.4 is 11.1 Å². The van der Waals surface area contributed by atoms with Gasteiger partial charge in [0.15, 0.2) is 0 Å². The van der Waals surface area contributed by atoms with Gasteiger partial charge in [0.05, 0.1) is 10.6 Å². The lowest BCUT2D eigenvalue weighted by Crippen LogP contribution is -2.25. The third-order valence-corrected chi connectivity index (χ3v) is 3.12. The molecule has 0 spiro atoms. The molecule has 1 fully saturated rings. The Morgan fingerprint density at radius 3 is 2.88 bits per heavy atom. The van der Waals surface area contributed by atoms with Gasteiger partial charge in [-0.25, -0.2) is 0 Å². The van der Waals surface area contributed by atoms with Crippen molar-refractivity contribution in [1.82, 2.24) is 5.32 Å². The number of hydrogen-bond donors (Lipinski definition) is 2. The summed E-state index contributed by atoms with van der Waals surface area (Å²) in [6.07, 6.45) is 3.64. The third kappa shape index (κ3) is 2.67. The summed E-state index contributed by atoms with van der Waals surface area (Å²) in [6, 6.07) is 5.09. The number of halogens is 1. The Balaban J connectivity index is 1.96. The van der Waals surface area contributed by atoms with Crippen LogP contribution in [0.4, 0.5) is 5.69 Å². The summed E-state index contributed by atoms with van der Waals surface area (Å²) in [6.45, 7) is 0.703. The highest BCUT2D eigenvalue weighted by molar-refractivity contribution is 6.34. The van der Waals surface area contributed by atoms with E-state index >= 15 is 0 Å². The van der Waals surface area contributed by atoms with Crippen molar-refractivity contribution in [2.24, 2.45) is 5.92 Å². The second-order valence-corrected chi connectivity index (χ2v) is 4.60. The van der Waals surface area contributed by atoms with Gasteiger partial charge in [-0.2, -0.15) is 0 Å². The summed E-state index contributed by atoms with van der Waals surface area (Å²) in [5, 5.41) is 3.25. The molecule has 0 aliphatic heterocycles. The standard InChI is InChI=1S/C12H15ClN2O/c13-9-2-1-3-10(14)11(9)12(16)15-7-6-8-4-5-8/h1-3,8H,4-7,14H2,(H,15,16). The zero-order valence-electron chi connectivity index (χ0n) is 9.00. The maximum absolute atomic E-state index is 11.8. The fourth-order valence-electron chi connectivity index (χ4n) is 1.67. The van der Waals surface area contributed by atoms with E-state index in [2.05, 4.69) is 5.32 Å². The Morgan fingerprint density at radius 1 is 1.50 bits per heavy atom. The number of nitrogen functional groups attached to an aromatic ring is 1. The van der Waals surface area contributed by atoms with E-state index in [-0.39, 0.29) is 5.91 Å². The molecule has 2 rings (SSSR count). The van der Waals surface area contributed by atoms with Gasteiger partial charge in [-0.3, -0.25) is 4.79 Å². The van der Waals surface area contributed by atoms with Gasteiger partial charge >= 0.3 is 0 Å². The molecule has 0 aromatic heterocycles. The van der Waals surface area contributed by atoms with Crippen LogP contribution in [-0.4, -0.2) is 12.5 Å². The van der Waals surface area contributed by atoms with Crippen LogP contribution in [0.25, 0.3) is 0 Å². The Morgan fingerprint density at radius 2 is 2.25 bits per heavy atom. The second kappa shape index (κ2) is 4.74. The number of hydrogen-bond acceptors (Lipinski definition) is 2. The number of nitrogens with two attached hydrogens (primary N) is 1. The van der Waals surface area contributed by atoms with Crippen LogP contribution in [0.3, 0.4) is 0 Å². The molecular formula is C12H15ClN2O. The quantitative estimate of drug-likeness (QED) is 0.792. The van der Waals surface area contributed by atoms with Crippen molar-refractivity contribution in [1.29, 1.82) is 0 Å². The molecule has 1 aliphatic rings. The van der Waals surface area contributed by atoms with Gasteiger partial charge in [0.1, 0.15) is 0 Å². The lowest BCUT2D eigenvalue weighted by atomic mass is 10.1. The summed E-state index contributed by atoms with van der Waals surface area (Å²) < 4.78 is 0. The van der Waals surface area contributed by atoms with E-state index in [4.69, 9.17) is 17.3 Å². The van der Waals surface area contributed by atoms with Crippen molar-refractivity contribution in [3.63, 3.8) is 0 Å². The molecule has 1 amide bonds. The normalized spacial score (nSPS) is 14.8. The lowest BCUT2D eigenvalue weighted by Gasteiger charge is -2.08. The first-order valence-corrected chi connectivity index (χ1v) is 5.88. The van der Waals surface area contributed by atoms with Crippen molar-refractivity contribution in [2.45, 2.75) is 19.3 Å². The van der Waals surface area contributed by atoms with Gasteiger partial charge in [-0.05, 0) is 24.5 Å². The monoisotopic (exact) mass is 238 g/mol. The SMILES string of the molecule is Nc1cccc(Cl)c1C(=O)NCCC1CC1. The molecule has 16 heavy (non-hydrogen) atoms. The Kier molecular flexibility index (Phi) is 3.34. The van der Waals surface area contributed by atoms with Gasteiger partial charge in [-0.15, -0.1) is 0 Å². The van der Waals surface area contributed by atoms with E-state index in [1.54, 1.807) is 18.2 Å². The van der Waals surface area contributed by atoms with E-state index in [0.29, 0.717) is 22.8 Å². The molecule has 4 heteroatoms. The molecule has 0 unspecified atom stereocenters. The van der Waals surface area contributed by atoms with Gasteiger partial charge < -0.3 is 11.1 Å². The molecule has 0 saturated heterocycles. The minimum atomic E-state index is -0.177. The average molecular weight is 239 g/mol. The molecule has 3 N–H and O–H groups in total. The van der Waals surface area contributed by atoms with Gasteiger partial charge in [0, 0.05) is 12.2 Å². The molecule has 1 saturated carbocycles. The van der Waals surface area contributed by atoms with Crippen molar-refractivity contribution in [3.8, 4) is 0 Å². The largest absolute Gasteiger partial charge is 0.398 e. The van der Waals surface area contributed by atoms with Crippen LogP contribution in [0.2, 0.25) is 5.02 Å². The fourth-order valence-corrected chi connectivity index (χ4v) is 1.93. The van der Waals surface area contributed by atoms with Crippen molar-refractivity contribution >= 4 is 23.2 Å². The molecule has 0 radical (unpaired) electrons. The number of anilines is 1. The van der Waals surface area contributed by atoms with Crippen molar-refractivity contribution in [2.75, 3.05) is 12.3 Å². The number of carbonyl (C=O) groups excluding carboxylic acids is 1. The van der Waals surface area contributed by atoms with Crippen molar-refractivity contribution < 1.29 is 4.79 Å². The van der Waals surface area contributed by atoms with E-state index < -0.39 is 0 Å². The summed E-state index contributed by atoms with van der Waals surface area (Å²) in [4.78, 5) is 11.8. The molecule has 0 atom stereocenters. The summed E-state index contributed by atoms with van der Waals surface area (Å²) >= 11 is 5.94. The van der Waals surface area contributed by atoms with Gasteiger partial charge in [-0.1, -0.05) is 30.5 Å². The number of amides is 1. The number of benzene rings is 1. The topological polar surface area (TPSA) is 55.1 Å². The van der Waals surface area contributed by atoms with Crippen LogP contribution in [0.5, 0.6) is 0 Å². The fraction of sp³-hybridized carbons (Fsp3) is 0.417. The average Bonchev–Trinajstić information content (AvgIpc) is 3.01. The first-order chi connectivity index (χ1) is 7.68. The van der Waals surface area contributed by atoms with E-state index in [1.807, 2.05) is 0 Å². The van der Waals surface area contributed by atoms with Crippen LogP contribution >= 0.6 is 11.6 Å². The van der Waals surface area contributed by atoms with E-state index in [1.165, 1.54) is 12.8 Å². The maximum atomic E-state index is 11.8. The zero-order chi connectivity index (χ0) is 11.5. The molecule has 1 aromatic carbocycles. The summed E-state index contributed by atoms with van der Waals surface area (Å²) in [5.74, 6) is 0.632. The zero-order valence-corrected chi connectivity index (χ0v) is 9.76. The smallest absolute Gasteiger partial charge is 0.254 e. The minimum absolute atomic E-state index is 0.177. The molecule has 1 aromatic rings. The predicted octanol–water partition coefficient (Wildman–Crippen LogP) is 2.45. The van der Waals surface area contributed by atoms with Gasteiger partial charge in [0.25, 0.3) is 5.91 Å². The summed E-state index contributed by atoms with van der Waals surface area (Å²) in [5.41, 5.74) is 6.54. The van der Waals surface area contributed by atoms with Gasteiger partial charge in [0.2, 0.25) is 0 Å². The molecular weight excluding hydrogens is 224 g/mol. The number of nitrogens with one attached hydrogen (secondary N) is 1. The molecule has 3 nitrogen and oxygen atoms in total. The first-order valence-electron chi connectivity index (χ1n) is 5.50. The van der Waals surface area contributed by atoms with Crippen LogP contribution in [0, 0.1) is 5.92 Å².